The highest BCUT2D eigenvalue weighted by molar-refractivity contribution is 6.30. The largest absolute Gasteiger partial charge is 0.436 e. The molecule has 4 rings (SSSR count). The Morgan fingerprint density at radius 2 is 1.70 bits per heavy atom. The van der Waals surface area contributed by atoms with Crippen molar-refractivity contribution >= 4 is 34.3 Å². The van der Waals surface area contributed by atoms with Crippen LogP contribution in [0.1, 0.15) is 21.5 Å². The van der Waals surface area contributed by atoms with Gasteiger partial charge >= 0.3 is 0 Å². The molecule has 3 aromatic carbocycles. The summed E-state index contributed by atoms with van der Waals surface area (Å²) in [6, 6.07) is 18.3. The van der Waals surface area contributed by atoms with E-state index in [0.29, 0.717) is 22.2 Å². The predicted molar refractivity (Wildman–Crippen MR) is 108 cm³/mol. The monoisotopic (exact) mass is 376 g/mol. The third-order valence-electron chi connectivity index (χ3n) is 4.32. The first-order chi connectivity index (χ1) is 13.0. The Balaban J connectivity index is 1.56. The lowest BCUT2D eigenvalue weighted by Gasteiger charge is -2.06. The zero-order chi connectivity index (χ0) is 19.0. The van der Waals surface area contributed by atoms with Crippen molar-refractivity contribution in [2.45, 2.75) is 13.8 Å². The minimum Gasteiger partial charge on any atom is -0.436 e. The van der Waals surface area contributed by atoms with Gasteiger partial charge in [0.15, 0.2) is 5.58 Å². The van der Waals surface area contributed by atoms with Gasteiger partial charge in [-0.1, -0.05) is 17.7 Å². The molecule has 1 N–H and O–H groups in total. The average Bonchev–Trinajstić information content (AvgIpc) is 3.07. The maximum atomic E-state index is 12.3. The van der Waals surface area contributed by atoms with E-state index in [4.69, 9.17) is 16.0 Å². The fraction of sp³-hybridized carbons (Fsp3) is 0.0909. The normalized spacial score (nSPS) is 10.9. The number of rotatable bonds is 3. The summed E-state index contributed by atoms with van der Waals surface area (Å²) in [5, 5.41) is 3.46. The molecule has 0 aliphatic heterocycles. The van der Waals surface area contributed by atoms with Crippen LogP contribution >= 0.6 is 11.6 Å². The van der Waals surface area contributed by atoms with Crippen LogP contribution in [0.25, 0.3) is 22.6 Å². The lowest BCUT2D eigenvalue weighted by molar-refractivity contribution is 0.102. The number of carbonyl (C=O) groups is 1. The van der Waals surface area contributed by atoms with E-state index in [-0.39, 0.29) is 5.91 Å². The van der Waals surface area contributed by atoms with Crippen molar-refractivity contribution in [2.75, 3.05) is 5.32 Å². The number of fused-ring (bicyclic) bond motifs is 1. The Hall–Kier alpha value is -3.11. The van der Waals surface area contributed by atoms with Crippen LogP contribution in [0.15, 0.2) is 65.1 Å². The van der Waals surface area contributed by atoms with Gasteiger partial charge in [-0.2, -0.15) is 0 Å². The van der Waals surface area contributed by atoms with E-state index in [0.717, 1.165) is 27.8 Å². The maximum absolute atomic E-state index is 12.3. The van der Waals surface area contributed by atoms with E-state index in [1.165, 1.54) is 0 Å². The van der Waals surface area contributed by atoms with Gasteiger partial charge in [0.1, 0.15) is 5.52 Å². The molecule has 0 atom stereocenters. The second kappa shape index (κ2) is 6.89. The Morgan fingerprint density at radius 3 is 2.41 bits per heavy atom. The Kier molecular flexibility index (Phi) is 4.42. The quantitative estimate of drug-likeness (QED) is 0.475. The first-order valence-electron chi connectivity index (χ1n) is 8.55. The zero-order valence-electron chi connectivity index (χ0n) is 14.9. The van der Waals surface area contributed by atoms with Crippen LogP contribution in [0.4, 0.5) is 5.69 Å². The van der Waals surface area contributed by atoms with Gasteiger partial charge in [-0.3, -0.25) is 4.79 Å². The molecule has 1 amide bonds. The van der Waals surface area contributed by atoms with Gasteiger partial charge < -0.3 is 9.73 Å². The molecule has 0 spiro atoms. The minimum absolute atomic E-state index is 0.188. The Morgan fingerprint density at radius 1 is 1.00 bits per heavy atom. The first kappa shape index (κ1) is 17.3. The van der Waals surface area contributed by atoms with Crippen LogP contribution in [0.3, 0.4) is 0 Å². The van der Waals surface area contributed by atoms with Gasteiger partial charge in [0.25, 0.3) is 5.91 Å². The van der Waals surface area contributed by atoms with Crippen LogP contribution in [-0.2, 0) is 0 Å². The fourth-order valence-corrected chi connectivity index (χ4v) is 3.13. The average molecular weight is 377 g/mol. The number of aryl methyl sites for hydroxylation is 2. The number of carbonyl (C=O) groups excluding carboxylic acids is 1. The van der Waals surface area contributed by atoms with Gasteiger partial charge in [-0.05, 0) is 79.6 Å². The summed E-state index contributed by atoms with van der Waals surface area (Å²) in [6.07, 6.45) is 0. The fourth-order valence-electron chi connectivity index (χ4n) is 3.00. The van der Waals surface area contributed by atoms with Gasteiger partial charge in [-0.15, -0.1) is 0 Å². The molecule has 5 heteroatoms. The highest BCUT2D eigenvalue weighted by Crippen LogP contribution is 2.28. The molecule has 0 bridgehead atoms. The van der Waals surface area contributed by atoms with Gasteiger partial charge in [-0.25, -0.2) is 4.98 Å². The topological polar surface area (TPSA) is 55.1 Å². The molecule has 27 heavy (non-hydrogen) atoms. The van der Waals surface area contributed by atoms with Gasteiger partial charge in [0, 0.05) is 21.8 Å². The molecular weight excluding hydrogens is 360 g/mol. The van der Waals surface area contributed by atoms with E-state index in [1.807, 2.05) is 44.2 Å². The van der Waals surface area contributed by atoms with E-state index < -0.39 is 0 Å². The van der Waals surface area contributed by atoms with Gasteiger partial charge in [0.05, 0.1) is 0 Å². The third kappa shape index (κ3) is 3.57. The molecule has 0 radical (unpaired) electrons. The number of benzene rings is 3. The Bertz CT molecular complexity index is 1130. The van der Waals surface area contributed by atoms with Crippen LogP contribution in [-0.4, -0.2) is 10.9 Å². The predicted octanol–water partition coefficient (Wildman–Crippen LogP) is 6.02. The zero-order valence-corrected chi connectivity index (χ0v) is 15.7. The highest BCUT2D eigenvalue weighted by Gasteiger charge is 2.11. The molecule has 0 saturated carbocycles. The number of hydrogen-bond donors (Lipinski definition) is 1. The van der Waals surface area contributed by atoms with Crippen molar-refractivity contribution < 1.29 is 9.21 Å². The number of amides is 1. The summed E-state index contributed by atoms with van der Waals surface area (Å²) in [5.74, 6) is 0.377. The first-order valence-corrected chi connectivity index (χ1v) is 8.92. The molecule has 0 fully saturated rings. The number of nitrogens with one attached hydrogen (secondary N) is 1. The SMILES string of the molecule is Cc1cc(C)c2oc(-c3ccc(NC(=O)c4ccc(Cl)cc4)cc3)nc2c1. The van der Waals surface area contributed by atoms with E-state index in [9.17, 15) is 4.79 Å². The van der Waals surface area contributed by atoms with Crippen LogP contribution < -0.4 is 5.32 Å². The van der Waals surface area contributed by atoms with Crippen LogP contribution in [0.2, 0.25) is 5.02 Å². The second-order valence-electron chi connectivity index (χ2n) is 6.49. The lowest BCUT2D eigenvalue weighted by atomic mass is 10.1. The van der Waals surface area contributed by atoms with Crippen molar-refractivity contribution in [2.24, 2.45) is 0 Å². The molecule has 1 aromatic heterocycles. The number of hydrogen-bond acceptors (Lipinski definition) is 3. The molecule has 4 nitrogen and oxygen atoms in total. The molecule has 0 unspecified atom stereocenters. The molecule has 0 aliphatic rings. The smallest absolute Gasteiger partial charge is 0.255 e. The van der Waals surface area contributed by atoms with E-state index >= 15 is 0 Å². The number of anilines is 1. The van der Waals surface area contributed by atoms with Gasteiger partial charge in [0.2, 0.25) is 5.89 Å². The number of halogens is 1. The summed E-state index contributed by atoms with van der Waals surface area (Å²) < 4.78 is 5.93. The molecule has 1 heterocycles. The Labute approximate surface area is 161 Å². The molecule has 134 valence electrons. The van der Waals surface area contributed by atoms with Crippen molar-refractivity contribution in [3.63, 3.8) is 0 Å². The van der Waals surface area contributed by atoms with E-state index in [2.05, 4.69) is 16.4 Å². The van der Waals surface area contributed by atoms with Crippen molar-refractivity contribution in [1.29, 1.82) is 0 Å². The summed E-state index contributed by atoms with van der Waals surface area (Å²) in [5.41, 5.74) is 5.97. The van der Waals surface area contributed by atoms with Crippen LogP contribution in [0.5, 0.6) is 0 Å². The van der Waals surface area contributed by atoms with Crippen LogP contribution in [0, 0.1) is 13.8 Å². The lowest BCUT2D eigenvalue weighted by Crippen LogP contribution is -2.11. The number of aromatic nitrogens is 1. The molecular formula is C22H17ClN2O2. The standard InChI is InChI=1S/C22H17ClN2O2/c1-13-11-14(2)20-19(12-13)25-22(27-20)16-5-9-18(10-6-16)24-21(26)15-3-7-17(23)8-4-15/h3-12H,1-2H3,(H,24,26). The number of nitrogens with zero attached hydrogens (tertiary/aromatic N) is 1. The minimum atomic E-state index is -0.188. The summed E-state index contributed by atoms with van der Waals surface area (Å²) in [4.78, 5) is 16.9. The molecule has 4 aromatic rings. The second-order valence-corrected chi connectivity index (χ2v) is 6.92. The van der Waals surface area contributed by atoms with Crippen molar-refractivity contribution in [3.8, 4) is 11.5 Å². The highest BCUT2D eigenvalue weighted by atomic mass is 35.5. The van der Waals surface area contributed by atoms with Crippen molar-refractivity contribution in [3.05, 3.63) is 82.4 Å². The summed E-state index contributed by atoms with van der Waals surface area (Å²) in [6.45, 7) is 4.05. The molecule has 0 aliphatic carbocycles. The van der Waals surface area contributed by atoms with Crippen molar-refractivity contribution in [1.82, 2.24) is 4.98 Å². The summed E-state index contributed by atoms with van der Waals surface area (Å²) >= 11 is 5.85. The summed E-state index contributed by atoms with van der Waals surface area (Å²) in [7, 11) is 0. The third-order valence-corrected chi connectivity index (χ3v) is 4.57. The van der Waals surface area contributed by atoms with E-state index in [1.54, 1.807) is 24.3 Å². The molecule has 0 saturated heterocycles. The number of oxazole rings is 1. The maximum Gasteiger partial charge on any atom is 0.255 e.